The number of benzene rings is 1. The first-order chi connectivity index (χ1) is 11.4. The Kier molecular flexibility index (Phi) is 6.40. The number of morpholine rings is 1. The number of aromatic hydroxyl groups is 1. The minimum absolute atomic E-state index is 0.0593. The highest BCUT2D eigenvalue weighted by atomic mass is 16.5. The van der Waals surface area contributed by atoms with Gasteiger partial charge in [0.1, 0.15) is 0 Å². The highest BCUT2D eigenvalue weighted by Crippen LogP contribution is 2.27. The lowest BCUT2D eigenvalue weighted by Gasteiger charge is -2.38. The molecule has 0 aliphatic carbocycles. The zero-order chi connectivity index (χ0) is 17.6. The summed E-state index contributed by atoms with van der Waals surface area (Å²) in [5, 5.41) is 13.0. The number of hydrogen-bond acceptors (Lipinski definition) is 5. The lowest BCUT2D eigenvalue weighted by Crippen LogP contribution is -2.51. The van der Waals surface area contributed by atoms with Gasteiger partial charge in [0, 0.05) is 19.5 Å². The summed E-state index contributed by atoms with van der Waals surface area (Å²) in [7, 11) is 0. The molecule has 5 nitrogen and oxygen atoms in total. The highest BCUT2D eigenvalue weighted by molar-refractivity contribution is 5.93. The van der Waals surface area contributed by atoms with Crippen LogP contribution in [0.25, 0.3) is 6.08 Å². The molecule has 1 aromatic rings. The Labute approximate surface area is 143 Å². The van der Waals surface area contributed by atoms with E-state index >= 15 is 0 Å². The van der Waals surface area contributed by atoms with Gasteiger partial charge in [0.05, 0.1) is 18.3 Å². The van der Waals surface area contributed by atoms with Crippen molar-refractivity contribution in [2.45, 2.75) is 45.3 Å². The second-order valence-corrected chi connectivity index (χ2v) is 6.47. The SMILES string of the molecule is CCOc1cc(C=CC(=O)CCC2(C)CNCC(C)O2)ccc1O. The van der Waals surface area contributed by atoms with Crippen LogP contribution < -0.4 is 10.1 Å². The van der Waals surface area contributed by atoms with E-state index in [1.54, 1.807) is 30.4 Å². The number of ketones is 1. The molecule has 2 N–H and O–H groups in total. The largest absolute Gasteiger partial charge is 0.504 e. The van der Waals surface area contributed by atoms with E-state index in [0.29, 0.717) is 25.2 Å². The van der Waals surface area contributed by atoms with Crippen LogP contribution in [-0.4, -0.2) is 42.3 Å². The number of nitrogens with one attached hydrogen (secondary N) is 1. The number of phenolic OH excluding ortho intramolecular Hbond substituents is 1. The first kappa shape index (κ1) is 18.5. The van der Waals surface area contributed by atoms with Crippen molar-refractivity contribution in [1.82, 2.24) is 5.32 Å². The highest BCUT2D eigenvalue weighted by Gasteiger charge is 2.31. The molecule has 2 unspecified atom stereocenters. The van der Waals surface area contributed by atoms with Gasteiger partial charge in [-0.2, -0.15) is 0 Å². The third-order valence-electron chi connectivity index (χ3n) is 4.06. The van der Waals surface area contributed by atoms with Crippen LogP contribution in [0.5, 0.6) is 11.5 Å². The van der Waals surface area contributed by atoms with Crippen molar-refractivity contribution < 1.29 is 19.4 Å². The fourth-order valence-electron chi connectivity index (χ4n) is 2.82. The van der Waals surface area contributed by atoms with Crippen LogP contribution in [0.4, 0.5) is 0 Å². The molecule has 0 saturated carbocycles. The monoisotopic (exact) mass is 333 g/mol. The Hall–Kier alpha value is -1.85. The average molecular weight is 333 g/mol. The van der Waals surface area contributed by atoms with E-state index in [2.05, 4.69) is 5.32 Å². The summed E-state index contributed by atoms with van der Waals surface area (Å²) < 4.78 is 11.3. The predicted molar refractivity (Wildman–Crippen MR) is 94.4 cm³/mol. The van der Waals surface area contributed by atoms with Gasteiger partial charge in [-0.25, -0.2) is 0 Å². The Morgan fingerprint density at radius 1 is 1.54 bits per heavy atom. The number of rotatable bonds is 7. The van der Waals surface area contributed by atoms with Gasteiger partial charge < -0.3 is 19.9 Å². The van der Waals surface area contributed by atoms with E-state index in [1.807, 2.05) is 20.8 Å². The smallest absolute Gasteiger partial charge is 0.161 e. The van der Waals surface area contributed by atoms with Crippen LogP contribution in [0.2, 0.25) is 0 Å². The van der Waals surface area contributed by atoms with E-state index in [4.69, 9.17) is 9.47 Å². The van der Waals surface area contributed by atoms with Crippen molar-refractivity contribution >= 4 is 11.9 Å². The lowest BCUT2D eigenvalue weighted by atomic mass is 9.96. The molecule has 0 aromatic heterocycles. The van der Waals surface area contributed by atoms with Crippen molar-refractivity contribution in [2.24, 2.45) is 0 Å². The lowest BCUT2D eigenvalue weighted by molar-refractivity contribution is -0.121. The molecule has 2 atom stereocenters. The van der Waals surface area contributed by atoms with Crippen molar-refractivity contribution in [3.8, 4) is 11.5 Å². The van der Waals surface area contributed by atoms with Gasteiger partial charge in [-0.15, -0.1) is 0 Å². The fraction of sp³-hybridized carbons (Fsp3) is 0.526. The van der Waals surface area contributed by atoms with Crippen molar-refractivity contribution in [3.63, 3.8) is 0 Å². The second-order valence-electron chi connectivity index (χ2n) is 6.47. The van der Waals surface area contributed by atoms with E-state index in [1.165, 1.54) is 0 Å². The molecular formula is C19H27NO4. The number of carbonyl (C=O) groups excluding carboxylic acids is 1. The van der Waals surface area contributed by atoms with Gasteiger partial charge in [-0.3, -0.25) is 4.79 Å². The first-order valence-corrected chi connectivity index (χ1v) is 8.47. The molecule has 1 heterocycles. The number of phenols is 1. The third kappa shape index (κ3) is 5.35. The van der Waals surface area contributed by atoms with Gasteiger partial charge >= 0.3 is 0 Å². The van der Waals surface area contributed by atoms with Gasteiger partial charge in [0.2, 0.25) is 0 Å². The summed E-state index contributed by atoms with van der Waals surface area (Å²) in [6.07, 6.45) is 4.62. The summed E-state index contributed by atoms with van der Waals surface area (Å²) in [4.78, 5) is 12.1. The molecule has 24 heavy (non-hydrogen) atoms. The average Bonchev–Trinajstić information content (AvgIpc) is 2.54. The molecular weight excluding hydrogens is 306 g/mol. The maximum absolute atomic E-state index is 12.1. The van der Waals surface area contributed by atoms with Crippen LogP contribution in [0.15, 0.2) is 24.3 Å². The second kappa shape index (κ2) is 8.31. The Morgan fingerprint density at radius 3 is 3.04 bits per heavy atom. The number of carbonyl (C=O) groups is 1. The van der Waals surface area contributed by atoms with Crippen LogP contribution >= 0.6 is 0 Å². The van der Waals surface area contributed by atoms with E-state index in [0.717, 1.165) is 18.7 Å². The first-order valence-electron chi connectivity index (χ1n) is 8.47. The zero-order valence-corrected chi connectivity index (χ0v) is 14.7. The molecule has 0 bridgehead atoms. The van der Waals surface area contributed by atoms with Crippen LogP contribution in [0, 0.1) is 0 Å². The van der Waals surface area contributed by atoms with Crippen LogP contribution in [0.3, 0.4) is 0 Å². The normalized spacial score (nSPS) is 24.2. The standard InChI is InChI=1S/C19H27NO4/c1-4-23-18-11-15(6-8-17(18)22)5-7-16(21)9-10-19(3)13-20-12-14(2)24-19/h5-8,11,14,20,22H,4,9-10,12-13H2,1-3H3. The Balaban J connectivity index is 1.90. The predicted octanol–water partition coefficient (Wildman–Crippen LogP) is 2.92. The molecule has 0 radical (unpaired) electrons. The number of allylic oxidation sites excluding steroid dienone is 1. The summed E-state index contributed by atoms with van der Waals surface area (Å²) >= 11 is 0. The summed E-state index contributed by atoms with van der Waals surface area (Å²) in [6.45, 7) is 8.03. The maximum Gasteiger partial charge on any atom is 0.161 e. The van der Waals surface area contributed by atoms with E-state index in [-0.39, 0.29) is 23.2 Å². The zero-order valence-electron chi connectivity index (χ0n) is 14.7. The van der Waals surface area contributed by atoms with Gasteiger partial charge in [-0.1, -0.05) is 12.1 Å². The summed E-state index contributed by atoms with van der Waals surface area (Å²) in [5.74, 6) is 0.587. The molecule has 1 aromatic carbocycles. The van der Waals surface area contributed by atoms with Crippen LogP contribution in [-0.2, 0) is 9.53 Å². The summed E-state index contributed by atoms with van der Waals surface area (Å²) in [5.41, 5.74) is 0.530. The van der Waals surface area contributed by atoms with E-state index in [9.17, 15) is 9.90 Å². The molecule has 0 amide bonds. The maximum atomic E-state index is 12.1. The quantitative estimate of drug-likeness (QED) is 0.751. The van der Waals surface area contributed by atoms with Crippen molar-refractivity contribution in [1.29, 1.82) is 0 Å². The molecule has 0 spiro atoms. The molecule has 1 fully saturated rings. The van der Waals surface area contributed by atoms with E-state index < -0.39 is 0 Å². The molecule has 132 valence electrons. The third-order valence-corrected chi connectivity index (χ3v) is 4.06. The fourth-order valence-corrected chi connectivity index (χ4v) is 2.82. The number of hydrogen-bond donors (Lipinski definition) is 2. The molecule has 5 heteroatoms. The van der Waals surface area contributed by atoms with Crippen molar-refractivity contribution in [3.05, 3.63) is 29.8 Å². The number of ether oxygens (including phenoxy) is 2. The van der Waals surface area contributed by atoms with Gasteiger partial charge in [0.15, 0.2) is 17.3 Å². The molecule has 2 rings (SSSR count). The molecule has 1 aliphatic rings. The van der Waals surface area contributed by atoms with Gasteiger partial charge in [-0.05, 0) is 51.0 Å². The Bertz CT molecular complexity index is 599. The molecule has 1 aliphatic heterocycles. The van der Waals surface area contributed by atoms with Gasteiger partial charge in [0.25, 0.3) is 0 Å². The topological polar surface area (TPSA) is 67.8 Å². The minimum atomic E-state index is -0.290. The minimum Gasteiger partial charge on any atom is -0.504 e. The Morgan fingerprint density at radius 2 is 2.33 bits per heavy atom. The van der Waals surface area contributed by atoms with Crippen LogP contribution in [0.1, 0.15) is 39.2 Å². The van der Waals surface area contributed by atoms with Crippen molar-refractivity contribution in [2.75, 3.05) is 19.7 Å². The molecule has 1 saturated heterocycles. The summed E-state index contributed by atoms with van der Waals surface area (Å²) in [6, 6.07) is 5.04.